The average Bonchev–Trinajstić information content (AvgIpc) is 2.90. The first kappa shape index (κ1) is 15.7. The maximum Gasteiger partial charge on any atom is 0.245 e. The van der Waals surface area contributed by atoms with E-state index in [1.165, 1.54) is 0 Å². The van der Waals surface area contributed by atoms with E-state index in [-0.39, 0.29) is 6.04 Å². The molecule has 0 saturated carbocycles. The minimum atomic E-state index is 0.0843. The van der Waals surface area contributed by atoms with Gasteiger partial charge in [0.1, 0.15) is 6.04 Å². The molecule has 2 aromatic rings. The summed E-state index contributed by atoms with van der Waals surface area (Å²) < 4.78 is 5.32. The Morgan fingerprint density at radius 1 is 1.36 bits per heavy atom. The highest BCUT2D eigenvalue weighted by Crippen LogP contribution is 2.25. The predicted octanol–water partition coefficient (Wildman–Crippen LogP) is 2.57. The number of aryl methyl sites for hydroxylation is 1. The first-order valence-corrected chi connectivity index (χ1v) is 7.81. The lowest BCUT2D eigenvalue weighted by Gasteiger charge is -2.37. The van der Waals surface area contributed by atoms with Crippen LogP contribution in [-0.2, 0) is 6.54 Å². The smallest absolute Gasteiger partial charge is 0.245 e. The van der Waals surface area contributed by atoms with E-state index in [1.807, 2.05) is 6.92 Å². The molecule has 1 aliphatic rings. The number of hydrogen-bond acceptors (Lipinski definition) is 6. The van der Waals surface area contributed by atoms with Gasteiger partial charge in [-0.15, -0.1) is 0 Å². The van der Waals surface area contributed by atoms with E-state index in [2.05, 4.69) is 32.0 Å². The quantitative estimate of drug-likeness (QED) is 0.855. The van der Waals surface area contributed by atoms with Crippen LogP contribution < -0.4 is 0 Å². The lowest BCUT2D eigenvalue weighted by molar-refractivity contribution is 0.0707. The molecule has 0 aliphatic carbocycles. The molecular weight excluding hydrogens is 325 g/mol. The summed E-state index contributed by atoms with van der Waals surface area (Å²) in [6.07, 6.45) is 1.62. The zero-order valence-electron chi connectivity index (χ0n) is 12.5. The highest BCUT2D eigenvalue weighted by molar-refractivity contribution is 6.34. The van der Waals surface area contributed by atoms with Crippen molar-refractivity contribution < 1.29 is 4.52 Å². The number of rotatable bonds is 3. The molecule has 8 heteroatoms. The van der Waals surface area contributed by atoms with Crippen molar-refractivity contribution in [2.75, 3.05) is 26.7 Å². The summed E-state index contributed by atoms with van der Waals surface area (Å²) in [5, 5.41) is 5.02. The first-order chi connectivity index (χ1) is 10.5. The molecule has 118 valence electrons. The fraction of sp³-hybridized carbons (Fsp3) is 0.500. The van der Waals surface area contributed by atoms with Crippen LogP contribution in [0.25, 0.3) is 0 Å². The summed E-state index contributed by atoms with van der Waals surface area (Å²) >= 11 is 12.1. The molecule has 0 N–H and O–H groups in total. The number of likely N-dealkylation sites (N-methyl/N-ethyl adjacent to an activating group) is 1. The Morgan fingerprint density at radius 3 is 2.86 bits per heavy atom. The highest BCUT2D eigenvalue weighted by atomic mass is 35.5. The number of pyridine rings is 1. The van der Waals surface area contributed by atoms with E-state index >= 15 is 0 Å². The van der Waals surface area contributed by atoms with Gasteiger partial charge in [0, 0.05) is 32.4 Å². The molecule has 0 aromatic carbocycles. The molecule has 6 nitrogen and oxygen atoms in total. The Kier molecular flexibility index (Phi) is 4.63. The second-order valence-corrected chi connectivity index (χ2v) is 6.34. The van der Waals surface area contributed by atoms with Crippen molar-refractivity contribution in [1.29, 1.82) is 0 Å². The molecule has 0 radical (unpaired) electrons. The molecule has 0 spiro atoms. The van der Waals surface area contributed by atoms with Crippen molar-refractivity contribution >= 4 is 23.2 Å². The largest absolute Gasteiger partial charge is 0.338 e. The van der Waals surface area contributed by atoms with Crippen LogP contribution in [-0.4, -0.2) is 51.6 Å². The van der Waals surface area contributed by atoms with Gasteiger partial charge >= 0.3 is 0 Å². The van der Waals surface area contributed by atoms with Crippen LogP contribution in [0.5, 0.6) is 0 Å². The fourth-order valence-corrected chi connectivity index (χ4v) is 3.00. The van der Waals surface area contributed by atoms with E-state index < -0.39 is 0 Å². The van der Waals surface area contributed by atoms with Crippen molar-refractivity contribution in [2.24, 2.45) is 0 Å². The zero-order chi connectivity index (χ0) is 15.7. The Hall–Kier alpha value is -1.21. The molecule has 1 aliphatic heterocycles. The zero-order valence-corrected chi connectivity index (χ0v) is 14.0. The van der Waals surface area contributed by atoms with Gasteiger partial charge in [0.15, 0.2) is 5.82 Å². The normalized spacial score (nSPS) is 20.5. The maximum absolute atomic E-state index is 6.21. The van der Waals surface area contributed by atoms with Crippen molar-refractivity contribution in [2.45, 2.75) is 19.5 Å². The maximum atomic E-state index is 6.21. The summed E-state index contributed by atoms with van der Waals surface area (Å²) in [5.74, 6) is 1.31. The number of piperazine rings is 1. The fourth-order valence-electron chi connectivity index (χ4n) is 2.56. The third kappa shape index (κ3) is 3.41. The minimum Gasteiger partial charge on any atom is -0.338 e. The van der Waals surface area contributed by atoms with Gasteiger partial charge < -0.3 is 4.52 Å². The number of nitrogens with zero attached hydrogens (tertiary/aromatic N) is 5. The van der Waals surface area contributed by atoms with Gasteiger partial charge in [0.25, 0.3) is 0 Å². The van der Waals surface area contributed by atoms with E-state index in [4.69, 9.17) is 27.7 Å². The Bertz CT molecular complexity index is 662. The van der Waals surface area contributed by atoms with Crippen LogP contribution in [0.2, 0.25) is 10.0 Å². The lowest BCUT2D eigenvalue weighted by Crippen LogP contribution is -2.46. The summed E-state index contributed by atoms with van der Waals surface area (Å²) in [6.45, 7) is 5.13. The van der Waals surface area contributed by atoms with Crippen LogP contribution in [0, 0.1) is 6.92 Å². The summed E-state index contributed by atoms with van der Waals surface area (Å²) in [6, 6.07) is 1.81. The van der Waals surface area contributed by atoms with Crippen molar-refractivity contribution in [1.82, 2.24) is 24.9 Å². The molecule has 1 saturated heterocycles. The van der Waals surface area contributed by atoms with Gasteiger partial charge in [0.2, 0.25) is 5.89 Å². The topological polar surface area (TPSA) is 58.3 Å². The van der Waals surface area contributed by atoms with E-state index in [1.54, 1.807) is 12.3 Å². The molecule has 0 amide bonds. The highest BCUT2D eigenvalue weighted by Gasteiger charge is 2.30. The van der Waals surface area contributed by atoms with Crippen molar-refractivity contribution in [3.63, 3.8) is 0 Å². The van der Waals surface area contributed by atoms with Crippen LogP contribution in [0.3, 0.4) is 0 Å². The van der Waals surface area contributed by atoms with Gasteiger partial charge in [0.05, 0.1) is 15.7 Å². The number of halogens is 2. The molecule has 1 atom stereocenters. The van der Waals surface area contributed by atoms with Gasteiger partial charge in [-0.2, -0.15) is 4.98 Å². The summed E-state index contributed by atoms with van der Waals surface area (Å²) in [7, 11) is 2.06. The molecule has 3 heterocycles. The Labute approximate surface area is 139 Å². The standard InChI is InChI=1S/C14H17Cl2N5O/c1-9-18-14(22-19-9)13-8-21(4-3-20(13)2)7-12-11(16)5-10(15)6-17-12/h5-6,13H,3-4,7-8H2,1-2H3/t13-/m0/s1. The Balaban J connectivity index is 1.73. The third-order valence-electron chi connectivity index (χ3n) is 3.82. The van der Waals surface area contributed by atoms with E-state index in [0.29, 0.717) is 28.3 Å². The molecule has 1 fully saturated rings. The third-order valence-corrected chi connectivity index (χ3v) is 4.35. The van der Waals surface area contributed by atoms with Crippen LogP contribution >= 0.6 is 23.2 Å². The van der Waals surface area contributed by atoms with Crippen molar-refractivity contribution in [3.05, 3.63) is 39.7 Å². The average molecular weight is 342 g/mol. The van der Waals surface area contributed by atoms with Crippen LogP contribution in [0.15, 0.2) is 16.8 Å². The molecule has 0 bridgehead atoms. The van der Waals surface area contributed by atoms with E-state index in [0.717, 1.165) is 25.3 Å². The van der Waals surface area contributed by atoms with E-state index in [9.17, 15) is 0 Å². The van der Waals surface area contributed by atoms with Crippen LogP contribution in [0.4, 0.5) is 0 Å². The molecular formula is C14H17Cl2N5O. The monoisotopic (exact) mass is 341 g/mol. The van der Waals surface area contributed by atoms with Gasteiger partial charge in [-0.05, 0) is 20.0 Å². The van der Waals surface area contributed by atoms with Crippen LogP contribution in [0.1, 0.15) is 23.5 Å². The Morgan fingerprint density at radius 2 is 2.18 bits per heavy atom. The number of hydrogen-bond donors (Lipinski definition) is 0. The second-order valence-electron chi connectivity index (χ2n) is 5.49. The second kappa shape index (κ2) is 6.50. The predicted molar refractivity (Wildman–Crippen MR) is 83.9 cm³/mol. The molecule has 2 aromatic heterocycles. The number of aromatic nitrogens is 3. The minimum absolute atomic E-state index is 0.0843. The molecule has 3 rings (SSSR count). The lowest BCUT2D eigenvalue weighted by atomic mass is 10.1. The first-order valence-electron chi connectivity index (χ1n) is 7.05. The van der Waals surface area contributed by atoms with Gasteiger partial charge in [-0.1, -0.05) is 28.4 Å². The summed E-state index contributed by atoms with van der Waals surface area (Å²) in [5.41, 5.74) is 0.830. The van der Waals surface area contributed by atoms with Gasteiger partial charge in [-0.3, -0.25) is 14.8 Å². The van der Waals surface area contributed by atoms with Gasteiger partial charge in [-0.25, -0.2) is 0 Å². The van der Waals surface area contributed by atoms with Crippen molar-refractivity contribution in [3.8, 4) is 0 Å². The summed E-state index contributed by atoms with van der Waals surface area (Å²) in [4.78, 5) is 13.2. The SMILES string of the molecule is Cc1noc([C@@H]2CN(Cc3ncc(Cl)cc3Cl)CCN2C)n1. The molecule has 22 heavy (non-hydrogen) atoms. The molecule has 0 unspecified atom stereocenters.